The third-order valence-electron chi connectivity index (χ3n) is 5.25. The van der Waals surface area contributed by atoms with Crippen molar-refractivity contribution in [1.29, 1.82) is 0 Å². The van der Waals surface area contributed by atoms with Gasteiger partial charge in [-0.3, -0.25) is 14.4 Å². The van der Waals surface area contributed by atoms with Crippen molar-refractivity contribution in [2.24, 2.45) is 0 Å². The Morgan fingerprint density at radius 1 is 0.848 bits per heavy atom. The van der Waals surface area contributed by atoms with E-state index in [9.17, 15) is 14.4 Å². The molecule has 6 nitrogen and oxygen atoms in total. The van der Waals surface area contributed by atoms with E-state index in [-0.39, 0.29) is 22.6 Å². The van der Waals surface area contributed by atoms with Crippen LogP contribution < -0.4 is 10.7 Å². The van der Waals surface area contributed by atoms with E-state index >= 15 is 0 Å². The van der Waals surface area contributed by atoms with Gasteiger partial charge in [-0.15, -0.1) is 0 Å². The van der Waals surface area contributed by atoms with Crippen molar-refractivity contribution in [3.63, 3.8) is 0 Å². The van der Waals surface area contributed by atoms with Gasteiger partial charge in [0.25, 0.3) is 5.91 Å². The molecule has 2 heterocycles. The van der Waals surface area contributed by atoms with Crippen molar-refractivity contribution in [2.45, 2.75) is 6.92 Å². The maximum Gasteiger partial charge on any atom is 0.291 e. The maximum atomic E-state index is 13.2. The van der Waals surface area contributed by atoms with Gasteiger partial charge in [0.1, 0.15) is 11.2 Å². The number of nitrogens with one attached hydrogen (secondary N) is 1. The summed E-state index contributed by atoms with van der Waals surface area (Å²) in [7, 11) is 0. The first-order valence-electron chi connectivity index (χ1n) is 10.1. The van der Waals surface area contributed by atoms with Crippen LogP contribution in [-0.2, 0) is 0 Å². The maximum absolute atomic E-state index is 13.2. The summed E-state index contributed by atoms with van der Waals surface area (Å²) >= 11 is 5.93. The van der Waals surface area contributed by atoms with Gasteiger partial charge in [-0.25, -0.2) is 0 Å². The lowest BCUT2D eigenvalue weighted by Crippen LogP contribution is -2.16. The standard InChI is InChI=1S/C26H16ClNO5/c1-14-6-11-21-18(12-14)19(29)13-22(32-21)26(31)28-23-17-4-2-3-5-20(17)33-25(23)24(30)15-7-9-16(27)10-8-15/h2-13H,1H3,(H,28,31). The Morgan fingerprint density at radius 2 is 1.58 bits per heavy atom. The van der Waals surface area contributed by atoms with Crippen LogP contribution in [0.4, 0.5) is 5.69 Å². The Balaban J connectivity index is 1.58. The van der Waals surface area contributed by atoms with Crippen LogP contribution in [0.2, 0.25) is 5.02 Å². The highest BCUT2D eigenvalue weighted by molar-refractivity contribution is 6.30. The highest BCUT2D eigenvalue weighted by atomic mass is 35.5. The van der Waals surface area contributed by atoms with Crippen LogP contribution in [0, 0.1) is 6.92 Å². The highest BCUT2D eigenvalue weighted by Gasteiger charge is 2.24. The fraction of sp³-hybridized carbons (Fsp3) is 0.0385. The predicted molar refractivity (Wildman–Crippen MR) is 126 cm³/mol. The summed E-state index contributed by atoms with van der Waals surface area (Å²) in [6.45, 7) is 1.86. The third kappa shape index (κ3) is 3.81. The van der Waals surface area contributed by atoms with Gasteiger partial charge in [0.15, 0.2) is 16.9 Å². The smallest absolute Gasteiger partial charge is 0.291 e. The van der Waals surface area contributed by atoms with Crippen LogP contribution in [0.1, 0.15) is 32.2 Å². The zero-order chi connectivity index (χ0) is 23.1. The van der Waals surface area contributed by atoms with Crippen molar-refractivity contribution in [3.8, 4) is 0 Å². The second-order valence-electron chi connectivity index (χ2n) is 7.57. The fourth-order valence-corrected chi connectivity index (χ4v) is 3.74. The quantitative estimate of drug-likeness (QED) is 0.335. The molecular weight excluding hydrogens is 442 g/mol. The summed E-state index contributed by atoms with van der Waals surface area (Å²) in [6.07, 6.45) is 0. The summed E-state index contributed by atoms with van der Waals surface area (Å²) in [4.78, 5) is 38.8. The molecule has 0 saturated carbocycles. The number of rotatable bonds is 4. The van der Waals surface area contributed by atoms with Gasteiger partial charge in [0.2, 0.25) is 5.78 Å². The van der Waals surface area contributed by atoms with Crippen molar-refractivity contribution in [2.75, 3.05) is 5.32 Å². The molecule has 0 fully saturated rings. The number of halogens is 1. The molecule has 5 rings (SSSR count). The van der Waals surface area contributed by atoms with E-state index in [1.807, 2.05) is 6.92 Å². The Morgan fingerprint density at radius 3 is 2.36 bits per heavy atom. The normalized spacial score (nSPS) is 11.1. The van der Waals surface area contributed by atoms with Crippen LogP contribution in [0.3, 0.4) is 0 Å². The Bertz CT molecular complexity index is 1610. The predicted octanol–water partition coefficient (Wildman–Crippen LogP) is 5.98. The van der Waals surface area contributed by atoms with Crippen LogP contribution in [-0.4, -0.2) is 11.7 Å². The number of benzene rings is 3. The fourth-order valence-electron chi connectivity index (χ4n) is 3.62. The van der Waals surface area contributed by atoms with Gasteiger partial charge in [-0.1, -0.05) is 35.4 Å². The first-order chi connectivity index (χ1) is 15.9. The first-order valence-corrected chi connectivity index (χ1v) is 10.5. The van der Waals surface area contributed by atoms with Crippen LogP contribution in [0.25, 0.3) is 21.9 Å². The van der Waals surface area contributed by atoms with Gasteiger partial charge in [0.05, 0.1) is 11.1 Å². The molecule has 1 amide bonds. The average molecular weight is 458 g/mol. The summed E-state index contributed by atoms with van der Waals surface area (Å²) in [5.74, 6) is -1.31. The average Bonchev–Trinajstić information content (AvgIpc) is 3.18. The molecule has 33 heavy (non-hydrogen) atoms. The minimum absolute atomic E-state index is 0.0365. The molecule has 0 radical (unpaired) electrons. The van der Waals surface area contributed by atoms with E-state index in [1.54, 1.807) is 66.7 Å². The van der Waals surface area contributed by atoms with Crippen molar-refractivity contribution >= 4 is 50.9 Å². The summed E-state index contributed by atoms with van der Waals surface area (Å²) in [5, 5.41) is 4.13. The number of hydrogen-bond acceptors (Lipinski definition) is 5. The Kier molecular flexibility index (Phi) is 5.07. The lowest BCUT2D eigenvalue weighted by Gasteiger charge is -2.07. The van der Waals surface area contributed by atoms with Crippen molar-refractivity contribution in [1.82, 2.24) is 0 Å². The highest BCUT2D eigenvalue weighted by Crippen LogP contribution is 2.33. The molecular formula is C26H16ClNO5. The molecule has 0 saturated heterocycles. The molecule has 7 heteroatoms. The van der Waals surface area contributed by atoms with E-state index in [0.717, 1.165) is 11.6 Å². The largest absolute Gasteiger partial charge is 0.451 e. The zero-order valence-corrected chi connectivity index (χ0v) is 18.1. The summed E-state index contributed by atoms with van der Waals surface area (Å²) in [5.41, 5.74) is 1.85. The number of anilines is 1. The monoisotopic (exact) mass is 457 g/mol. The van der Waals surface area contributed by atoms with E-state index < -0.39 is 11.7 Å². The number of furan rings is 1. The number of fused-ring (bicyclic) bond motifs is 2. The second-order valence-corrected chi connectivity index (χ2v) is 8.00. The van der Waals surface area contributed by atoms with Gasteiger partial charge in [-0.2, -0.15) is 0 Å². The van der Waals surface area contributed by atoms with Crippen LogP contribution in [0.15, 0.2) is 86.4 Å². The van der Waals surface area contributed by atoms with Gasteiger partial charge in [0, 0.05) is 22.0 Å². The number of para-hydroxylation sites is 1. The van der Waals surface area contributed by atoms with Crippen LogP contribution in [0.5, 0.6) is 0 Å². The van der Waals surface area contributed by atoms with E-state index in [2.05, 4.69) is 5.32 Å². The Labute approximate surface area is 192 Å². The second kappa shape index (κ2) is 8.07. The van der Waals surface area contributed by atoms with Gasteiger partial charge in [-0.05, 0) is 55.5 Å². The molecule has 1 N–H and O–H groups in total. The molecule has 3 aromatic carbocycles. The summed E-state index contributed by atoms with van der Waals surface area (Å²) < 4.78 is 11.5. The topological polar surface area (TPSA) is 89.5 Å². The SMILES string of the molecule is Cc1ccc2oc(C(=O)Nc3c(C(=O)c4ccc(Cl)cc4)oc4ccccc34)cc(=O)c2c1. The molecule has 0 atom stereocenters. The van der Waals surface area contributed by atoms with E-state index in [0.29, 0.717) is 32.5 Å². The molecule has 0 aliphatic rings. The molecule has 2 aromatic heterocycles. The molecule has 162 valence electrons. The molecule has 0 bridgehead atoms. The lowest BCUT2D eigenvalue weighted by atomic mass is 10.1. The lowest BCUT2D eigenvalue weighted by molar-refractivity contribution is 0.0997. The zero-order valence-electron chi connectivity index (χ0n) is 17.3. The van der Waals surface area contributed by atoms with Crippen molar-refractivity contribution < 1.29 is 18.4 Å². The third-order valence-corrected chi connectivity index (χ3v) is 5.51. The van der Waals surface area contributed by atoms with Gasteiger partial charge < -0.3 is 14.2 Å². The molecule has 0 aliphatic carbocycles. The van der Waals surface area contributed by atoms with Crippen molar-refractivity contribution in [3.05, 3.63) is 111 Å². The van der Waals surface area contributed by atoms with Crippen LogP contribution >= 0.6 is 11.6 Å². The molecule has 0 spiro atoms. The molecule has 0 aliphatic heterocycles. The number of carbonyl (C=O) groups is 2. The molecule has 5 aromatic rings. The number of amides is 1. The number of aryl methyl sites for hydroxylation is 1. The minimum Gasteiger partial charge on any atom is -0.451 e. The summed E-state index contributed by atoms with van der Waals surface area (Å²) in [6, 6.07) is 19.6. The van der Waals surface area contributed by atoms with E-state index in [4.69, 9.17) is 20.4 Å². The Hall–Kier alpha value is -4.16. The van der Waals surface area contributed by atoms with E-state index in [1.165, 1.54) is 0 Å². The minimum atomic E-state index is -0.675. The molecule has 0 unspecified atom stereocenters. The first kappa shape index (κ1) is 20.7. The van der Waals surface area contributed by atoms with Gasteiger partial charge >= 0.3 is 0 Å². The number of ketones is 1. The number of hydrogen-bond donors (Lipinski definition) is 1. The number of carbonyl (C=O) groups excluding carboxylic acids is 2.